The van der Waals surface area contributed by atoms with E-state index in [0.717, 1.165) is 13.1 Å². The Morgan fingerprint density at radius 1 is 1.28 bits per heavy atom. The van der Waals surface area contributed by atoms with E-state index in [4.69, 9.17) is 4.74 Å². The molecule has 2 rings (SSSR count). The Hall–Kier alpha value is -1.35. The van der Waals surface area contributed by atoms with Crippen LogP contribution in [0.4, 0.5) is 0 Å². The summed E-state index contributed by atoms with van der Waals surface area (Å²) in [6.07, 6.45) is 0. The lowest BCUT2D eigenvalue weighted by Gasteiger charge is -2.18. The number of hydrogen-bond acceptors (Lipinski definition) is 3. The molecule has 0 aromatic heterocycles. The van der Waals surface area contributed by atoms with Gasteiger partial charge in [0.05, 0.1) is 12.5 Å². The van der Waals surface area contributed by atoms with Gasteiger partial charge in [-0.1, -0.05) is 29.3 Å². The summed E-state index contributed by atoms with van der Waals surface area (Å²) in [5.74, 6) is 0.112. The standard InChI is InChI=1S/C15H21NO2/c1-4-18-15(17)14-9-16-8-13(14)12-6-10(2)5-11(3)7-12/h5-7,13-14,16H,4,8-9H2,1-3H3. The second-order valence-electron chi connectivity index (χ2n) is 5.04. The highest BCUT2D eigenvalue weighted by molar-refractivity contribution is 5.74. The van der Waals surface area contributed by atoms with E-state index in [0.29, 0.717) is 6.61 Å². The molecule has 1 heterocycles. The van der Waals surface area contributed by atoms with Gasteiger partial charge in [0.15, 0.2) is 0 Å². The average molecular weight is 247 g/mol. The maximum atomic E-state index is 11.9. The monoisotopic (exact) mass is 247 g/mol. The fourth-order valence-electron chi connectivity index (χ4n) is 2.75. The molecule has 0 radical (unpaired) electrons. The quantitative estimate of drug-likeness (QED) is 0.832. The zero-order valence-corrected chi connectivity index (χ0v) is 11.3. The minimum Gasteiger partial charge on any atom is -0.466 e. The van der Waals surface area contributed by atoms with Crippen molar-refractivity contribution in [3.63, 3.8) is 0 Å². The minimum absolute atomic E-state index is 0.0499. The molecule has 1 saturated heterocycles. The molecule has 1 aliphatic rings. The summed E-state index contributed by atoms with van der Waals surface area (Å²) in [5, 5.41) is 3.30. The molecule has 0 spiro atoms. The number of rotatable bonds is 3. The normalized spacial score (nSPS) is 23.1. The predicted octanol–water partition coefficient (Wildman–Crippen LogP) is 2.17. The Bertz CT molecular complexity index is 422. The molecule has 1 aromatic carbocycles. The highest BCUT2D eigenvalue weighted by Crippen LogP contribution is 2.30. The van der Waals surface area contributed by atoms with E-state index in [-0.39, 0.29) is 17.8 Å². The first-order valence-corrected chi connectivity index (χ1v) is 6.57. The van der Waals surface area contributed by atoms with Gasteiger partial charge in [-0.3, -0.25) is 4.79 Å². The molecule has 98 valence electrons. The van der Waals surface area contributed by atoms with Crippen LogP contribution in [0.3, 0.4) is 0 Å². The number of ether oxygens (including phenoxy) is 1. The van der Waals surface area contributed by atoms with Gasteiger partial charge in [-0.05, 0) is 26.3 Å². The van der Waals surface area contributed by atoms with Crippen molar-refractivity contribution in [2.45, 2.75) is 26.7 Å². The number of aryl methyl sites for hydroxylation is 2. The summed E-state index contributed by atoms with van der Waals surface area (Å²) in [5.41, 5.74) is 3.74. The van der Waals surface area contributed by atoms with E-state index >= 15 is 0 Å². The van der Waals surface area contributed by atoms with Crippen molar-refractivity contribution in [1.82, 2.24) is 5.32 Å². The van der Waals surface area contributed by atoms with Crippen LogP contribution < -0.4 is 5.32 Å². The molecule has 2 unspecified atom stereocenters. The van der Waals surface area contributed by atoms with E-state index in [1.165, 1.54) is 16.7 Å². The largest absolute Gasteiger partial charge is 0.466 e. The van der Waals surface area contributed by atoms with Crippen molar-refractivity contribution in [3.05, 3.63) is 34.9 Å². The van der Waals surface area contributed by atoms with E-state index in [2.05, 4.69) is 37.4 Å². The van der Waals surface area contributed by atoms with Gasteiger partial charge in [0, 0.05) is 19.0 Å². The third-order valence-corrected chi connectivity index (χ3v) is 3.48. The first-order valence-electron chi connectivity index (χ1n) is 6.57. The molecule has 18 heavy (non-hydrogen) atoms. The molecule has 1 aliphatic heterocycles. The number of esters is 1. The number of hydrogen-bond donors (Lipinski definition) is 1. The van der Waals surface area contributed by atoms with Gasteiger partial charge in [0.1, 0.15) is 0 Å². The van der Waals surface area contributed by atoms with Crippen LogP contribution in [-0.2, 0) is 9.53 Å². The number of nitrogens with one attached hydrogen (secondary N) is 1. The molecule has 1 fully saturated rings. The Morgan fingerprint density at radius 3 is 2.56 bits per heavy atom. The van der Waals surface area contributed by atoms with Gasteiger partial charge in [0.25, 0.3) is 0 Å². The first kappa shape index (κ1) is 13.1. The molecular weight excluding hydrogens is 226 g/mol. The third-order valence-electron chi connectivity index (χ3n) is 3.48. The fraction of sp³-hybridized carbons (Fsp3) is 0.533. The van der Waals surface area contributed by atoms with Crippen molar-refractivity contribution in [1.29, 1.82) is 0 Å². The molecule has 3 nitrogen and oxygen atoms in total. The molecule has 1 aromatic rings. The Labute approximate surface area is 109 Å². The number of carbonyl (C=O) groups is 1. The van der Waals surface area contributed by atoms with Crippen LogP contribution in [0.15, 0.2) is 18.2 Å². The van der Waals surface area contributed by atoms with Crippen molar-refractivity contribution in [3.8, 4) is 0 Å². The summed E-state index contributed by atoms with van der Waals surface area (Å²) < 4.78 is 5.16. The zero-order valence-electron chi connectivity index (χ0n) is 11.3. The smallest absolute Gasteiger partial charge is 0.310 e. The van der Waals surface area contributed by atoms with E-state index in [1.807, 2.05) is 6.92 Å². The molecule has 2 atom stereocenters. The lowest BCUT2D eigenvalue weighted by Crippen LogP contribution is -2.24. The van der Waals surface area contributed by atoms with Gasteiger partial charge >= 0.3 is 5.97 Å². The fourth-order valence-corrected chi connectivity index (χ4v) is 2.75. The summed E-state index contributed by atoms with van der Waals surface area (Å²) >= 11 is 0. The van der Waals surface area contributed by atoms with Gasteiger partial charge in [-0.25, -0.2) is 0 Å². The molecule has 1 N–H and O–H groups in total. The SMILES string of the molecule is CCOC(=O)C1CNCC1c1cc(C)cc(C)c1. The summed E-state index contributed by atoms with van der Waals surface area (Å²) in [6, 6.07) is 6.51. The van der Waals surface area contributed by atoms with Crippen LogP contribution in [0.25, 0.3) is 0 Å². The lowest BCUT2D eigenvalue weighted by molar-refractivity contribution is -0.147. The molecule has 3 heteroatoms. The second-order valence-corrected chi connectivity index (χ2v) is 5.04. The van der Waals surface area contributed by atoms with Gasteiger partial charge in [-0.2, -0.15) is 0 Å². The van der Waals surface area contributed by atoms with E-state index in [1.54, 1.807) is 0 Å². The lowest BCUT2D eigenvalue weighted by atomic mass is 9.87. The number of carbonyl (C=O) groups excluding carboxylic acids is 1. The van der Waals surface area contributed by atoms with Crippen LogP contribution in [0.1, 0.15) is 29.5 Å². The molecule has 0 amide bonds. The van der Waals surface area contributed by atoms with Crippen LogP contribution in [0.5, 0.6) is 0 Å². The van der Waals surface area contributed by atoms with E-state index < -0.39 is 0 Å². The van der Waals surface area contributed by atoms with Crippen LogP contribution in [0.2, 0.25) is 0 Å². The van der Waals surface area contributed by atoms with Crippen LogP contribution in [0, 0.1) is 19.8 Å². The Kier molecular flexibility index (Phi) is 4.02. The van der Waals surface area contributed by atoms with Crippen molar-refractivity contribution in [2.75, 3.05) is 19.7 Å². The maximum Gasteiger partial charge on any atom is 0.310 e. The molecule has 0 saturated carbocycles. The summed E-state index contributed by atoms with van der Waals surface area (Å²) in [4.78, 5) is 11.9. The Balaban J connectivity index is 2.23. The summed E-state index contributed by atoms with van der Waals surface area (Å²) in [7, 11) is 0. The zero-order chi connectivity index (χ0) is 13.1. The molecular formula is C15H21NO2. The van der Waals surface area contributed by atoms with Gasteiger partial charge < -0.3 is 10.1 Å². The highest BCUT2D eigenvalue weighted by atomic mass is 16.5. The Morgan fingerprint density at radius 2 is 1.94 bits per heavy atom. The average Bonchev–Trinajstić information content (AvgIpc) is 2.76. The van der Waals surface area contributed by atoms with Crippen molar-refractivity contribution >= 4 is 5.97 Å². The topological polar surface area (TPSA) is 38.3 Å². The van der Waals surface area contributed by atoms with E-state index in [9.17, 15) is 4.79 Å². The highest BCUT2D eigenvalue weighted by Gasteiger charge is 2.35. The number of benzene rings is 1. The van der Waals surface area contributed by atoms with Crippen LogP contribution in [-0.4, -0.2) is 25.7 Å². The van der Waals surface area contributed by atoms with Crippen molar-refractivity contribution in [2.24, 2.45) is 5.92 Å². The maximum absolute atomic E-state index is 11.9. The minimum atomic E-state index is -0.0772. The first-order chi connectivity index (χ1) is 8.61. The van der Waals surface area contributed by atoms with Gasteiger partial charge in [0.2, 0.25) is 0 Å². The van der Waals surface area contributed by atoms with Crippen LogP contribution >= 0.6 is 0 Å². The second kappa shape index (κ2) is 5.53. The summed E-state index contributed by atoms with van der Waals surface area (Å²) in [6.45, 7) is 8.07. The predicted molar refractivity (Wildman–Crippen MR) is 71.6 cm³/mol. The van der Waals surface area contributed by atoms with Crippen molar-refractivity contribution < 1.29 is 9.53 Å². The van der Waals surface area contributed by atoms with Gasteiger partial charge in [-0.15, -0.1) is 0 Å². The third kappa shape index (κ3) is 2.72. The molecule has 0 aliphatic carbocycles. The molecule has 0 bridgehead atoms.